The van der Waals surface area contributed by atoms with Gasteiger partial charge in [-0.1, -0.05) is 37.6 Å². The Morgan fingerprint density at radius 1 is 0.964 bits per heavy atom. The van der Waals surface area contributed by atoms with E-state index >= 15 is 0 Å². The molecule has 1 aliphatic heterocycles. The normalized spacial score (nSPS) is 15.6. The Morgan fingerprint density at radius 2 is 1.61 bits per heavy atom. The van der Waals surface area contributed by atoms with Gasteiger partial charge < -0.3 is 4.90 Å². The number of sulfonamides is 1. The minimum atomic E-state index is -3.53. The highest BCUT2D eigenvalue weighted by Crippen LogP contribution is 2.21. The van der Waals surface area contributed by atoms with Crippen molar-refractivity contribution in [2.45, 2.75) is 38.5 Å². The summed E-state index contributed by atoms with van der Waals surface area (Å²) in [5.74, 6) is -0.0258. The average Bonchev–Trinajstić information content (AvgIpc) is 2.70. The number of amides is 1. The van der Waals surface area contributed by atoms with Crippen molar-refractivity contribution in [3.63, 3.8) is 0 Å². The fourth-order valence-corrected chi connectivity index (χ4v) is 4.97. The summed E-state index contributed by atoms with van der Waals surface area (Å²) in [7, 11) is -3.53. The topological polar surface area (TPSA) is 57.7 Å². The molecule has 1 amide bonds. The number of hydrogen-bond acceptors (Lipinski definition) is 3. The molecule has 0 saturated carbocycles. The number of carbonyl (C=O) groups excluding carboxylic acids is 1. The van der Waals surface area contributed by atoms with E-state index in [1.165, 1.54) is 4.31 Å². The molecule has 0 N–H and O–H groups in total. The Balaban J connectivity index is 1.69. The Labute approximate surface area is 168 Å². The van der Waals surface area contributed by atoms with E-state index in [1.54, 1.807) is 17.0 Å². The highest BCUT2D eigenvalue weighted by atomic mass is 32.2. The number of carbonyl (C=O) groups is 1. The first-order valence-electron chi connectivity index (χ1n) is 9.79. The molecule has 2 aromatic carbocycles. The standard InChI is InChI=1S/C22H28N2O3S/c1-4-6-19-9-11-20(12-10-19)28(26,27)24-15-13-23(14-16-24)22(25)21-8-5-7-17(2)18(21)3/h5,7-12H,4,6,13-16H2,1-3H3. The predicted octanol–water partition coefficient (Wildman–Crippen LogP) is 3.40. The molecule has 5 nitrogen and oxygen atoms in total. The Morgan fingerprint density at radius 3 is 2.21 bits per heavy atom. The number of rotatable bonds is 5. The second-order valence-electron chi connectivity index (χ2n) is 7.34. The monoisotopic (exact) mass is 400 g/mol. The van der Waals surface area contributed by atoms with Crippen molar-refractivity contribution in [3.05, 3.63) is 64.7 Å². The SMILES string of the molecule is CCCc1ccc(S(=O)(=O)N2CCN(C(=O)c3cccc(C)c3C)CC2)cc1. The molecular formula is C22H28N2O3S. The summed E-state index contributed by atoms with van der Waals surface area (Å²) >= 11 is 0. The van der Waals surface area contributed by atoms with Crippen molar-refractivity contribution >= 4 is 15.9 Å². The fourth-order valence-electron chi connectivity index (χ4n) is 3.55. The molecule has 0 radical (unpaired) electrons. The summed E-state index contributed by atoms with van der Waals surface area (Å²) in [4.78, 5) is 14.9. The molecule has 0 bridgehead atoms. The summed E-state index contributed by atoms with van der Waals surface area (Å²) in [5, 5.41) is 0. The lowest BCUT2D eigenvalue weighted by atomic mass is 10.0. The third-order valence-electron chi connectivity index (χ3n) is 5.46. The predicted molar refractivity (Wildman–Crippen MR) is 111 cm³/mol. The summed E-state index contributed by atoms with van der Waals surface area (Å²) < 4.78 is 27.3. The van der Waals surface area contributed by atoms with Gasteiger partial charge in [-0.05, 0) is 55.2 Å². The van der Waals surface area contributed by atoms with Crippen molar-refractivity contribution in [1.82, 2.24) is 9.21 Å². The van der Waals surface area contributed by atoms with Crippen LogP contribution in [-0.2, 0) is 16.4 Å². The molecule has 0 spiro atoms. The van der Waals surface area contributed by atoms with E-state index in [-0.39, 0.29) is 5.91 Å². The van der Waals surface area contributed by atoms with Crippen LogP contribution in [-0.4, -0.2) is 49.7 Å². The largest absolute Gasteiger partial charge is 0.336 e. The molecule has 1 heterocycles. The lowest BCUT2D eigenvalue weighted by Crippen LogP contribution is -2.50. The van der Waals surface area contributed by atoms with Gasteiger partial charge in [0.05, 0.1) is 4.90 Å². The van der Waals surface area contributed by atoms with Crippen LogP contribution in [0.2, 0.25) is 0 Å². The zero-order valence-corrected chi connectivity index (χ0v) is 17.6. The fraction of sp³-hybridized carbons (Fsp3) is 0.409. The highest BCUT2D eigenvalue weighted by molar-refractivity contribution is 7.89. The van der Waals surface area contributed by atoms with E-state index < -0.39 is 10.0 Å². The Hall–Kier alpha value is -2.18. The van der Waals surface area contributed by atoms with Crippen LogP contribution in [0.1, 0.15) is 40.4 Å². The van der Waals surface area contributed by atoms with Crippen LogP contribution in [0.25, 0.3) is 0 Å². The molecule has 150 valence electrons. The van der Waals surface area contributed by atoms with Crippen LogP contribution in [0.4, 0.5) is 0 Å². The lowest BCUT2D eigenvalue weighted by molar-refractivity contribution is 0.0697. The molecule has 0 aliphatic carbocycles. The van der Waals surface area contributed by atoms with Crippen molar-refractivity contribution in [2.24, 2.45) is 0 Å². The minimum Gasteiger partial charge on any atom is -0.336 e. The van der Waals surface area contributed by atoms with Crippen LogP contribution in [0, 0.1) is 13.8 Å². The van der Waals surface area contributed by atoms with Gasteiger partial charge in [0.15, 0.2) is 0 Å². The van der Waals surface area contributed by atoms with E-state index in [1.807, 2.05) is 44.2 Å². The molecule has 1 aliphatic rings. The third-order valence-corrected chi connectivity index (χ3v) is 7.37. The Kier molecular flexibility index (Phi) is 6.20. The minimum absolute atomic E-state index is 0.0258. The second-order valence-corrected chi connectivity index (χ2v) is 9.28. The molecule has 1 fully saturated rings. The van der Waals surface area contributed by atoms with Gasteiger partial charge >= 0.3 is 0 Å². The van der Waals surface area contributed by atoms with Gasteiger partial charge in [-0.15, -0.1) is 0 Å². The van der Waals surface area contributed by atoms with Gasteiger partial charge in [0, 0.05) is 31.7 Å². The Bertz CT molecular complexity index is 944. The molecule has 3 rings (SSSR count). The zero-order chi connectivity index (χ0) is 20.3. The van der Waals surface area contributed by atoms with Gasteiger partial charge in [-0.25, -0.2) is 8.42 Å². The summed E-state index contributed by atoms with van der Waals surface area (Å²) in [6.07, 6.45) is 1.97. The van der Waals surface area contributed by atoms with Crippen LogP contribution in [0.3, 0.4) is 0 Å². The highest BCUT2D eigenvalue weighted by Gasteiger charge is 2.30. The number of piperazine rings is 1. The smallest absolute Gasteiger partial charge is 0.254 e. The molecule has 6 heteroatoms. The maximum atomic E-state index is 12.9. The molecule has 1 saturated heterocycles. The van der Waals surface area contributed by atoms with Gasteiger partial charge in [-0.2, -0.15) is 4.31 Å². The van der Waals surface area contributed by atoms with Crippen molar-refractivity contribution in [3.8, 4) is 0 Å². The van der Waals surface area contributed by atoms with Crippen molar-refractivity contribution in [2.75, 3.05) is 26.2 Å². The quantitative estimate of drug-likeness (QED) is 0.773. The van der Waals surface area contributed by atoms with E-state index in [9.17, 15) is 13.2 Å². The number of benzene rings is 2. The van der Waals surface area contributed by atoms with Crippen LogP contribution < -0.4 is 0 Å². The summed E-state index contributed by atoms with van der Waals surface area (Å²) in [5.41, 5.74) is 3.90. The first-order valence-corrected chi connectivity index (χ1v) is 11.2. The van der Waals surface area contributed by atoms with Crippen LogP contribution in [0.15, 0.2) is 47.4 Å². The van der Waals surface area contributed by atoms with Crippen molar-refractivity contribution in [1.29, 1.82) is 0 Å². The summed E-state index contributed by atoms with van der Waals surface area (Å²) in [6.45, 7) is 7.47. The number of nitrogens with zero attached hydrogens (tertiary/aromatic N) is 2. The van der Waals surface area contributed by atoms with Gasteiger partial charge in [-0.3, -0.25) is 4.79 Å². The second kappa shape index (κ2) is 8.45. The lowest BCUT2D eigenvalue weighted by Gasteiger charge is -2.34. The first kappa shape index (κ1) is 20.6. The maximum absolute atomic E-state index is 12.9. The van der Waals surface area contributed by atoms with Gasteiger partial charge in [0.2, 0.25) is 10.0 Å². The van der Waals surface area contributed by atoms with E-state index in [4.69, 9.17) is 0 Å². The first-order chi connectivity index (χ1) is 13.3. The maximum Gasteiger partial charge on any atom is 0.254 e. The zero-order valence-electron chi connectivity index (χ0n) is 16.8. The van der Waals surface area contributed by atoms with Crippen LogP contribution >= 0.6 is 0 Å². The molecular weight excluding hydrogens is 372 g/mol. The molecule has 0 atom stereocenters. The van der Waals surface area contributed by atoms with E-state index in [2.05, 4.69) is 6.92 Å². The van der Waals surface area contributed by atoms with Gasteiger partial charge in [0.25, 0.3) is 5.91 Å². The van der Waals surface area contributed by atoms with E-state index in [0.717, 1.165) is 29.5 Å². The molecule has 0 unspecified atom stereocenters. The van der Waals surface area contributed by atoms with Crippen LogP contribution in [0.5, 0.6) is 0 Å². The number of aryl methyl sites for hydroxylation is 2. The summed E-state index contributed by atoms with van der Waals surface area (Å²) in [6, 6.07) is 12.9. The van der Waals surface area contributed by atoms with Crippen molar-refractivity contribution < 1.29 is 13.2 Å². The number of hydrogen-bond donors (Lipinski definition) is 0. The van der Waals surface area contributed by atoms with Gasteiger partial charge in [0.1, 0.15) is 0 Å². The molecule has 28 heavy (non-hydrogen) atoms. The molecule has 0 aromatic heterocycles. The third kappa shape index (κ3) is 4.13. The average molecular weight is 401 g/mol. The molecule has 2 aromatic rings. The van der Waals surface area contributed by atoms with E-state index in [0.29, 0.717) is 36.6 Å².